The van der Waals surface area contributed by atoms with E-state index in [1.807, 2.05) is 29.7 Å². The first-order valence-electron chi connectivity index (χ1n) is 5.46. The van der Waals surface area contributed by atoms with Gasteiger partial charge in [0.15, 0.2) is 0 Å². The number of halogens is 1. The van der Waals surface area contributed by atoms with Gasteiger partial charge in [0.2, 0.25) is 5.95 Å². The maximum atomic E-state index is 5.97. The van der Waals surface area contributed by atoms with Crippen molar-refractivity contribution in [2.75, 3.05) is 5.73 Å². The molecule has 2 aromatic heterocycles. The van der Waals surface area contributed by atoms with Crippen LogP contribution in [0.2, 0.25) is 0 Å². The van der Waals surface area contributed by atoms with Crippen molar-refractivity contribution in [3.8, 4) is 0 Å². The van der Waals surface area contributed by atoms with Crippen LogP contribution in [-0.2, 0) is 6.54 Å². The predicted molar refractivity (Wildman–Crippen MR) is 77.8 cm³/mol. The number of nitrogens with two attached hydrogens (primary N) is 1. The average molecular weight is 323 g/mol. The number of anilines is 1. The number of rotatable bonds is 2. The second kappa shape index (κ2) is 4.37. The van der Waals surface area contributed by atoms with Crippen molar-refractivity contribution in [2.45, 2.75) is 13.5 Å². The van der Waals surface area contributed by atoms with Gasteiger partial charge in [-0.05, 0) is 25.1 Å². The van der Waals surface area contributed by atoms with Crippen LogP contribution in [0.1, 0.15) is 10.7 Å². The summed E-state index contributed by atoms with van der Waals surface area (Å²) in [6.07, 6.45) is 0. The Labute approximate surface area is 117 Å². The van der Waals surface area contributed by atoms with Crippen molar-refractivity contribution in [1.29, 1.82) is 0 Å². The molecule has 2 heterocycles. The lowest BCUT2D eigenvalue weighted by atomic mass is 10.3. The van der Waals surface area contributed by atoms with Crippen molar-refractivity contribution >= 4 is 44.2 Å². The van der Waals surface area contributed by atoms with Gasteiger partial charge in [0.05, 0.1) is 28.3 Å². The zero-order valence-corrected chi connectivity index (χ0v) is 12.1. The number of benzene rings is 1. The second-order valence-corrected chi connectivity index (χ2v) is 6.02. The number of imidazole rings is 1. The van der Waals surface area contributed by atoms with Gasteiger partial charge in [0.1, 0.15) is 0 Å². The van der Waals surface area contributed by atoms with E-state index in [4.69, 9.17) is 5.73 Å². The molecule has 3 aromatic rings. The average Bonchev–Trinajstić information content (AvgIpc) is 2.84. The molecule has 18 heavy (non-hydrogen) atoms. The molecule has 0 bridgehead atoms. The molecular formula is C12H11BrN4S. The Bertz CT molecular complexity index is 716. The number of nitrogen functional groups attached to an aromatic ring is 1. The Morgan fingerprint density at radius 2 is 2.22 bits per heavy atom. The molecule has 0 saturated carbocycles. The topological polar surface area (TPSA) is 56.7 Å². The molecule has 3 rings (SSSR count). The van der Waals surface area contributed by atoms with Crippen molar-refractivity contribution in [3.63, 3.8) is 0 Å². The fourth-order valence-corrected chi connectivity index (χ4v) is 2.88. The zero-order valence-electron chi connectivity index (χ0n) is 9.72. The molecule has 0 fully saturated rings. The van der Waals surface area contributed by atoms with Crippen LogP contribution in [0.3, 0.4) is 0 Å². The minimum Gasteiger partial charge on any atom is -0.369 e. The fourth-order valence-electron chi connectivity index (χ4n) is 1.93. The van der Waals surface area contributed by atoms with Crippen molar-refractivity contribution in [2.24, 2.45) is 0 Å². The van der Waals surface area contributed by atoms with E-state index in [0.29, 0.717) is 12.5 Å². The highest BCUT2D eigenvalue weighted by molar-refractivity contribution is 9.10. The SMILES string of the molecule is Cc1nc(Cn2c(N)nc3cc(Br)ccc32)cs1. The van der Waals surface area contributed by atoms with Crippen LogP contribution in [0.5, 0.6) is 0 Å². The number of fused-ring (bicyclic) bond motifs is 1. The highest BCUT2D eigenvalue weighted by atomic mass is 79.9. The van der Waals surface area contributed by atoms with Gasteiger partial charge >= 0.3 is 0 Å². The summed E-state index contributed by atoms with van der Waals surface area (Å²) < 4.78 is 2.99. The van der Waals surface area contributed by atoms with Gasteiger partial charge in [-0.2, -0.15) is 0 Å². The molecular weight excluding hydrogens is 312 g/mol. The Hall–Kier alpha value is -1.40. The van der Waals surface area contributed by atoms with Gasteiger partial charge in [0.25, 0.3) is 0 Å². The quantitative estimate of drug-likeness (QED) is 0.788. The largest absolute Gasteiger partial charge is 0.369 e. The van der Waals surface area contributed by atoms with Gasteiger partial charge in [-0.15, -0.1) is 11.3 Å². The minimum absolute atomic E-state index is 0.522. The Morgan fingerprint density at radius 3 is 2.94 bits per heavy atom. The Kier molecular flexibility index (Phi) is 2.83. The third-order valence-electron chi connectivity index (χ3n) is 2.73. The Morgan fingerprint density at radius 1 is 1.39 bits per heavy atom. The van der Waals surface area contributed by atoms with Crippen LogP contribution in [0.15, 0.2) is 28.1 Å². The van der Waals surface area contributed by atoms with E-state index in [1.54, 1.807) is 11.3 Å². The highest BCUT2D eigenvalue weighted by Crippen LogP contribution is 2.23. The van der Waals surface area contributed by atoms with Gasteiger partial charge in [-0.1, -0.05) is 15.9 Å². The summed E-state index contributed by atoms with van der Waals surface area (Å²) in [6.45, 7) is 2.66. The van der Waals surface area contributed by atoms with Crippen LogP contribution in [0.25, 0.3) is 11.0 Å². The standard InChI is InChI=1S/C12H11BrN4S/c1-7-15-9(6-18-7)5-17-11-3-2-8(13)4-10(11)16-12(17)14/h2-4,6H,5H2,1H3,(H2,14,16). The fraction of sp³-hybridized carbons (Fsp3) is 0.167. The van der Waals surface area contributed by atoms with Crippen LogP contribution in [0, 0.1) is 6.92 Å². The molecule has 0 aliphatic carbocycles. The molecule has 0 aliphatic rings. The van der Waals surface area contributed by atoms with E-state index in [1.165, 1.54) is 0 Å². The van der Waals surface area contributed by atoms with E-state index >= 15 is 0 Å². The lowest BCUT2D eigenvalue weighted by molar-refractivity contribution is 0.813. The number of hydrogen-bond donors (Lipinski definition) is 1. The first-order valence-corrected chi connectivity index (χ1v) is 7.13. The summed E-state index contributed by atoms with van der Waals surface area (Å²) >= 11 is 5.08. The van der Waals surface area contributed by atoms with E-state index in [-0.39, 0.29) is 0 Å². The van der Waals surface area contributed by atoms with Gasteiger partial charge in [0, 0.05) is 9.85 Å². The van der Waals surface area contributed by atoms with Gasteiger partial charge < -0.3 is 10.3 Å². The van der Waals surface area contributed by atoms with E-state index in [2.05, 4.69) is 31.3 Å². The highest BCUT2D eigenvalue weighted by Gasteiger charge is 2.10. The minimum atomic E-state index is 0.522. The number of aryl methyl sites for hydroxylation is 1. The summed E-state index contributed by atoms with van der Waals surface area (Å²) in [5.41, 5.74) is 8.92. The summed E-state index contributed by atoms with van der Waals surface area (Å²) in [5.74, 6) is 0.522. The van der Waals surface area contributed by atoms with Crippen LogP contribution < -0.4 is 5.73 Å². The molecule has 0 amide bonds. The molecule has 0 aliphatic heterocycles. The maximum absolute atomic E-state index is 5.97. The maximum Gasteiger partial charge on any atom is 0.201 e. The number of aromatic nitrogens is 3. The van der Waals surface area contributed by atoms with Crippen molar-refractivity contribution in [3.05, 3.63) is 38.8 Å². The first kappa shape index (κ1) is 11.7. The van der Waals surface area contributed by atoms with Crippen LogP contribution in [0.4, 0.5) is 5.95 Å². The summed E-state index contributed by atoms with van der Waals surface area (Å²) in [7, 11) is 0. The molecule has 0 saturated heterocycles. The number of nitrogens with zero attached hydrogens (tertiary/aromatic N) is 3. The molecule has 1 aromatic carbocycles. The summed E-state index contributed by atoms with van der Waals surface area (Å²) in [5, 5.41) is 3.12. The molecule has 0 spiro atoms. The second-order valence-electron chi connectivity index (χ2n) is 4.05. The predicted octanol–water partition coefficient (Wildman–Crippen LogP) is 3.19. The van der Waals surface area contributed by atoms with E-state index in [0.717, 1.165) is 26.2 Å². The molecule has 4 nitrogen and oxygen atoms in total. The normalized spacial score (nSPS) is 11.2. The van der Waals surface area contributed by atoms with E-state index in [9.17, 15) is 0 Å². The summed E-state index contributed by atoms with van der Waals surface area (Å²) in [4.78, 5) is 8.82. The zero-order chi connectivity index (χ0) is 12.7. The third-order valence-corrected chi connectivity index (χ3v) is 4.04. The monoisotopic (exact) mass is 322 g/mol. The van der Waals surface area contributed by atoms with Crippen molar-refractivity contribution in [1.82, 2.24) is 14.5 Å². The van der Waals surface area contributed by atoms with Gasteiger partial charge in [-0.25, -0.2) is 9.97 Å². The number of thiazole rings is 1. The van der Waals surface area contributed by atoms with Crippen molar-refractivity contribution < 1.29 is 0 Å². The molecule has 6 heteroatoms. The summed E-state index contributed by atoms with van der Waals surface area (Å²) in [6, 6.07) is 5.97. The molecule has 92 valence electrons. The molecule has 0 unspecified atom stereocenters. The molecule has 0 atom stereocenters. The first-order chi connectivity index (χ1) is 8.63. The smallest absolute Gasteiger partial charge is 0.201 e. The van der Waals surface area contributed by atoms with Gasteiger partial charge in [-0.3, -0.25) is 0 Å². The molecule has 0 radical (unpaired) electrons. The number of hydrogen-bond acceptors (Lipinski definition) is 4. The van der Waals surface area contributed by atoms with Crippen LogP contribution >= 0.6 is 27.3 Å². The third kappa shape index (κ3) is 2.02. The van der Waals surface area contributed by atoms with E-state index < -0.39 is 0 Å². The lowest BCUT2D eigenvalue weighted by Crippen LogP contribution is -2.04. The molecule has 2 N–H and O–H groups in total. The Balaban J connectivity index is 2.08. The lowest BCUT2D eigenvalue weighted by Gasteiger charge is -2.03. The van der Waals surface area contributed by atoms with Crippen LogP contribution in [-0.4, -0.2) is 14.5 Å².